The molecule has 0 aliphatic rings. The monoisotopic (exact) mass is 306 g/mol. The standard InChI is InChI=1S/C15H15ClN2O3/c16-12-4-2-6-14(9-12)21-15(10-17)8-11-3-1-5-13(7-11)18(19)20/h1-7,9,15H,8,10,17H2. The van der Waals surface area contributed by atoms with Gasteiger partial charge < -0.3 is 10.5 Å². The molecule has 1 unspecified atom stereocenters. The van der Waals surface area contributed by atoms with E-state index in [-0.39, 0.29) is 11.8 Å². The van der Waals surface area contributed by atoms with Gasteiger partial charge in [0.1, 0.15) is 11.9 Å². The molecule has 21 heavy (non-hydrogen) atoms. The summed E-state index contributed by atoms with van der Waals surface area (Å²) >= 11 is 5.90. The Labute approximate surface area is 127 Å². The van der Waals surface area contributed by atoms with E-state index in [1.165, 1.54) is 12.1 Å². The van der Waals surface area contributed by atoms with E-state index in [2.05, 4.69) is 0 Å². The quantitative estimate of drug-likeness (QED) is 0.656. The first-order valence-corrected chi connectivity index (χ1v) is 6.82. The van der Waals surface area contributed by atoms with Crippen molar-refractivity contribution in [1.29, 1.82) is 0 Å². The SMILES string of the molecule is NCC(Cc1cccc([N+](=O)[O-])c1)Oc1cccc(Cl)c1. The van der Waals surface area contributed by atoms with E-state index in [4.69, 9.17) is 22.1 Å². The second-order valence-corrected chi connectivity index (χ2v) is 5.00. The Morgan fingerprint density at radius 3 is 2.67 bits per heavy atom. The number of hydrogen-bond donors (Lipinski definition) is 1. The molecule has 6 heteroatoms. The fourth-order valence-corrected chi connectivity index (χ4v) is 2.15. The number of nitro benzene ring substituents is 1. The number of halogens is 1. The van der Waals surface area contributed by atoms with Crippen molar-refractivity contribution in [2.24, 2.45) is 5.73 Å². The Morgan fingerprint density at radius 1 is 1.24 bits per heavy atom. The Kier molecular flexibility index (Phi) is 5.14. The number of ether oxygens (including phenoxy) is 1. The van der Waals surface area contributed by atoms with Crippen molar-refractivity contribution in [3.63, 3.8) is 0 Å². The fourth-order valence-electron chi connectivity index (χ4n) is 1.97. The lowest BCUT2D eigenvalue weighted by molar-refractivity contribution is -0.384. The molecular formula is C15H15ClN2O3. The van der Waals surface area contributed by atoms with Crippen LogP contribution in [0, 0.1) is 10.1 Å². The van der Waals surface area contributed by atoms with Gasteiger partial charge in [-0.1, -0.05) is 29.8 Å². The Balaban J connectivity index is 2.08. The number of nitrogens with zero attached hydrogens (tertiary/aromatic N) is 1. The zero-order valence-electron chi connectivity index (χ0n) is 11.2. The summed E-state index contributed by atoms with van der Waals surface area (Å²) in [4.78, 5) is 10.4. The summed E-state index contributed by atoms with van der Waals surface area (Å²) in [5.74, 6) is 0.628. The smallest absolute Gasteiger partial charge is 0.269 e. The molecule has 0 aliphatic carbocycles. The molecule has 2 aromatic carbocycles. The highest BCUT2D eigenvalue weighted by Gasteiger charge is 2.13. The van der Waals surface area contributed by atoms with Crippen LogP contribution in [-0.4, -0.2) is 17.6 Å². The van der Waals surface area contributed by atoms with E-state index in [1.54, 1.807) is 30.3 Å². The normalized spacial score (nSPS) is 11.9. The lowest BCUT2D eigenvalue weighted by Gasteiger charge is -2.17. The van der Waals surface area contributed by atoms with Crippen molar-refractivity contribution in [1.82, 2.24) is 0 Å². The van der Waals surface area contributed by atoms with Gasteiger partial charge in [-0.15, -0.1) is 0 Å². The predicted octanol–water partition coefficient (Wildman–Crippen LogP) is 3.20. The van der Waals surface area contributed by atoms with Crippen LogP contribution in [0.15, 0.2) is 48.5 Å². The molecule has 2 aromatic rings. The molecule has 0 aliphatic heterocycles. The van der Waals surface area contributed by atoms with Crippen LogP contribution in [0.1, 0.15) is 5.56 Å². The molecule has 2 N–H and O–H groups in total. The highest BCUT2D eigenvalue weighted by molar-refractivity contribution is 6.30. The number of nitrogens with two attached hydrogens (primary N) is 1. The highest BCUT2D eigenvalue weighted by atomic mass is 35.5. The Morgan fingerprint density at radius 2 is 2.00 bits per heavy atom. The minimum atomic E-state index is -0.418. The van der Waals surface area contributed by atoms with Gasteiger partial charge in [0.2, 0.25) is 0 Å². The van der Waals surface area contributed by atoms with Gasteiger partial charge in [-0.25, -0.2) is 0 Å². The second kappa shape index (κ2) is 7.06. The van der Waals surface area contributed by atoms with Crippen LogP contribution < -0.4 is 10.5 Å². The number of non-ortho nitro benzene ring substituents is 1. The number of rotatable bonds is 6. The molecule has 0 amide bonds. The van der Waals surface area contributed by atoms with Gasteiger partial charge in [-0.3, -0.25) is 10.1 Å². The molecule has 0 bridgehead atoms. The first-order valence-electron chi connectivity index (χ1n) is 6.44. The second-order valence-electron chi connectivity index (χ2n) is 4.56. The topological polar surface area (TPSA) is 78.4 Å². The van der Waals surface area contributed by atoms with Crippen molar-refractivity contribution >= 4 is 17.3 Å². The summed E-state index contributed by atoms with van der Waals surface area (Å²) in [5.41, 5.74) is 6.58. The number of benzene rings is 2. The molecule has 0 saturated carbocycles. The summed E-state index contributed by atoms with van der Waals surface area (Å²) in [7, 11) is 0. The molecule has 0 saturated heterocycles. The fraction of sp³-hybridized carbons (Fsp3) is 0.200. The molecule has 2 rings (SSSR count). The van der Waals surface area contributed by atoms with Crippen molar-refractivity contribution < 1.29 is 9.66 Å². The van der Waals surface area contributed by atoms with Crippen molar-refractivity contribution in [2.75, 3.05) is 6.54 Å². The molecule has 0 aromatic heterocycles. The maximum atomic E-state index is 10.8. The highest BCUT2D eigenvalue weighted by Crippen LogP contribution is 2.20. The first kappa shape index (κ1) is 15.3. The lowest BCUT2D eigenvalue weighted by Crippen LogP contribution is -2.29. The van der Waals surface area contributed by atoms with Crippen LogP contribution in [0.25, 0.3) is 0 Å². The van der Waals surface area contributed by atoms with Gasteiger partial charge in [-0.2, -0.15) is 0 Å². The van der Waals surface area contributed by atoms with Crippen LogP contribution in [-0.2, 0) is 6.42 Å². The van der Waals surface area contributed by atoms with Crippen LogP contribution >= 0.6 is 11.6 Å². The average molecular weight is 307 g/mol. The predicted molar refractivity (Wildman–Crippen MR) is 81.7 cm³/mol. The zero-order chi connectivity index (χ0) is 15.2. The van der Waals surface area contributed by atoms with Crippen molar-refractivity contribution in [3.05, 3.63) is 69.2 Å². The third-order valence-corrected chi connectivity index (χ3v) is 3.18. The summed E-state index contributed by atoms with van der Waals surface area (Å²) in [6.45, 7) is 0.301. The number of hydrogen-bond acceptors (Lipinski definition) is 4. The van der Waals surface area contributed by atoms with Gasteiger partial charge in [0.15, 0.2) is 0 Å². The van der Waals surface area contributed by atoms with Crippen molar-refractivity contribution in [2.45, 2.75) is 12.5 Å². The Hall–Kier alpha value is -2.11. The average Bonchev–Trinajstić information content (AvgIpc) is 2.47. The summed E-state index contributed by atoms with van der Waals surface area (Å²) in [6, 6.07) is 13.5. The maximum Gasteiger partial charge on any atom is 0.269 e. The molecule has 0 spiro atoms. The van der Waals surface area contributed by atoms with E-state index in [0.717, 1.165) is 5.56 Å². The van der Waals surface area contributed by atoms with Gasteiger partial charge in [-0.05, 0) is 23.8 Å². The minimum Gasteiger partial charge on any atom is -0.489 e. The maximum absolute atomic E-state index is 10.8. The summed E-state index contributed by atoms with van der Waals surface area (Å²) in [6.07, 6.45) is 0.218. The summed E-state index contributed by atoms with van der Waals surface area (Å²) < 4.78 is 5.77. The lowest BCUT2D eigenvalue weighted by atomic mass is 10.1. The molecule has 0 fully saturated rings. The largest absolute Gasteiger partial charge is 0.489 e. The number of nitro groups is 1. The van der Waals surface area contributed by atoms with E-state index in [0.29, 0.717) is 23.7 Å². The molecule has 110 valence electrons. The van der Waals surface area contributed by atoms with Crippen LogP contribution in [0.3, 0.4) is 0 Å². The zero-order valence-corrected chi connectivity index (χ0v) is 12.0. The van der Waals surface area contributed by atoms with E-state index >= 15 is 0 Å². The first-order chi connectivity index (χ1) is 10.1. The van der Waals surface area contributed by atoms with Crippen LogP contribution in [0.5, 0.6) is 5.75 Å². The van der Waals surface area contributed by atoms with E-state index < -0.39 is 4.92 Å². The van der Waals surface area contributed by atoms with E-state index in [1.807, 2.05) is 6.07 Å². The third kappa shape index (κ3) is 4.44. The molecule has 1 atom stereocenters. The third-order valence-electron chi connectivity index (χ3n) is 2.95. The van der Waals surface area contributed by atoms with Crippen LogP contribution in [0.2, 0.25) is 5.02 Å². The van der Waals surface area contributed by atoms with Gasteiger partial charge in [0.25, 0.3) is 5.69 Å². The molecular weight excluding hydrogens is 292 g/mol. The van der Waals surface area contributed by atoms with Crippen molar-refractivity contribution in [3.8, 4) is 5.75 Å². The molecule has 5 nitrogen and oxygen atoms in total. The van der Waals surface area contributed by atoms with Gasteiger partial charge >= 0.3 is 0 Å². The molecule has 0 radical (unpaired) electrons. The van der Waals surface area contributed by atoms with Crippen LogP contribution in [0.4, 0.5) is 5.69 Å². The van der Waals surface area contributed by atoms with Gasteiger partial charge in [0, 0.05) is 30.1 Å². The summed E-state index contributed by atoms with van der Waals surface area (Å²) in [5, 5.41) is 11.4. The van der Waals surface area contributed by atoms with Gasteiger partial charge in [0.05, 0.1) is 4.92 Å². The Bertz CT molecular complexity index is 634. The molecule has 0 heterocycles. The van der Waals surface area contributed by atoms with E-state index in [9.17, 15) is 10.1 Å². The minimum absolute atomic E-state index is 0.0611.